The Kier molecular flexibility index (Phi) is 3.55. The number of esters is 1. The van der Waals surface area contributed by atoms with Gasteiger partial charge in [0.05, 0.1) is 18.4 Å². The van der Waals surface area contributed by atoms with Gasteiger partial charge < -0.3 is 9.72 Å². The molecule has 3 rings (SSSR count). The minimum absolute atomic E-state index is 0.336. The van der Waals surface area contributed by atoms with E-state index in [1.165, 1.54) is 7.11 Å². The number of H-pyrrole nitrogens is 1. The van der Waals surface area contributed by atoms with Crippen molar-refractivity contribution < 1.29 is 9.53 Å². The molecule has 3 heteroatoms. The van der Waals surface area contributed by atoms with Crippen LogP contribution in [0.1, 0.15) is 22.8 Å². The van der Waals surface area contributed by atoms with Crippen molar-refractivity contribution in [3.05, 3.63) is 66.2 Å². The van der Waals surface area contributed by atoms with Gasteiger partial charge in [-0.15, -0.1) is 0 Å². The molecule has 0 unspecified atom stereocenters. The second kappa shape index (κ2) is 5.53. The number of methoxy groups -OCH3 is 1. The van der Waals surface area contributed by atoms with Crippen molar-refractivity contribution in [1.82, 2.24) is 4.98 Å². The number of fused-ring (bicyclic) bond motifs is 1. The molecule has 3 nitrogen and oxygen atoms in total. The molecule has 0 fully saturated rings. The molecule has 0 spiro atoms. The molecule has 0 aliphatic heterocycles. The summed E-state index contributed by atoms with van der Waals surface area (Å²) in [6, 6.07) is 15.6. The highest BCUT2D eigenvalue weighted by atomic mass is 16.5. The van der Waals surface area contributed by atoms with Gasteiger partial charge in [0.15, 0.2) is 0 Å². The van der Waals surface area contributed by atoms with Gasteiger partial charge in [-0.05, 0) is 36.3 Å². The van der Waals surface area contributed by atoms with Gasteiger partial charge in [0.2, 0.25) is 0 Å². The van der Waals surface area contributed by atoms with Gasteiger partial charge in [0, 0.05) is 16.5 Å². The molecule has 0 saturated carbocycles. The molecule has 1 aromatic heterocycles. The summed E-state index contributed by atoms with van der Waals surface area (Å²) < 4.78 is 4.81. The lowest BCUT2D eigenvalue weighted by atomic mass is 9.99. The van der Waals surface area contributed by atoms with E-state index >= 15 is 0 Å². The Balaban J connectivity index is 2.28. The van der Waals surface area contributed by atoms with Gasteiger partial charge in [-0.3, -0.25) is 0 Å². The Bertz CT molecular complexity index is 860. The molecular weight excluding hydrogens is 274 g/mol. The SMILES string of the molecule is C=C(C)c1c(-c2ccccc2)[nH]c2ccc(C(=O)OC)cc12. The van der Waals surface area contributed by atoms with E-state index in [0.717, 1.165) is 33.3 Å². The van der Waals surface area contributed by atoms with E-state index in [1.807, 2.05) is 37.3 Å². The predicted octanol–water partition coefficient (Wildman–Crippen LogP) is 4.65. The van der Waals surface area contributed by atoms with Gasteiger partial charge in [-0.2, -0.15) is 0 Å². The van der Waals surface area contributed by atoms with E-state index in [4.69, 9.17) is 4.74 Å². The third kappa shape index (κ3) is 2.31. The number of allylic oxidation sites excluding steroid dienone is 1. The van der Waals surface area contributed by atoms with Crippen molar-refractivity contribution >= 4 is 22.4 Å². The second-order valence-corrected chi connectivity index (χ2v) is 5.27. The van der Waals surface area contributed by atoms with Crippen molar-refractivity contribution in [3.63, 3.8) is 0 Å². The van der Waals surface area contributed by atoms with Crippen molar-refractivity contribution in [2.75, 3.05) is 7.11 Å². The maximum absolute atomic E-state index is 11.8. The quantitative estimate of drug-likeness (QED) is 0.713. The molecule has 0 bridgehead atoms. The van der Waals surface area contributed by atoms with Crippen LogP contribution in [0.25, 0.3) is 27.7 Å². The van der Waals surface area contributed by atoms with Crippen LogP contribution in [0.3, 0.4) is 0 Å². The number of hydrogen-bond donors (Lipinski definition) is 1. The van der Waals surface area contributed by atoms with Crippen molar-refractivity contribution in [3.8, 4) is 11.3 Å². The number of benzene rings is 2. The van der Waals surface area contributed by atoms with E-state index in [0.29, 0.717) is 5.56 Å². The van der Waals surface area contributed by atoms with E-state index < -0.39 is 0 Å². The monoisotopic (exact) mass is 291 g/mol. The van der Waals surface area contributed by atoms with Gasteiger partial charge in [-0.1, -0.05) is 36.9 Å². The van der Waals surface area contributed by atoms with Gasteiger partial charge >= 0.3 is 5.97 Å². The number of hydrogen-bond acceptors (Lipinski definition) is 2. The van der Waals surface area contributed by atoms with Crippen molar-refractivity contribution in [2.24, 2.45) is 0 Å². The van der Waals surface area contributed by atoms with Crippen molar-refractivity contribution in [1.29, 1.82) is 0 Å². The van der Waals surface area contributed by atoms with Gasteiger partial charge in [0.25, 0.3) is 0 Å². The first-order valence-electron chi connectivity index (χ1n) is 7.07. The normalized spacial score (nSPS) is 10.6. The Labute approximate surface area is 129 Å². The highest BCUT2D eigenvalue weighted by Crippen LogP contribution is 2.35. The summed E-state index contributed by atoms with van der Waals surface area (Å²) in [6.45, 7) is 6.06. The maximum atomic E-state index is 11.8. The predicted molar refractivity (Wildman–Crippen MR) is 89.8 cm³/mol. The molecule has 0 atom stereocenters. The summed E-state index contributed by atoms with van der Waals surface area (Å²) in [4.78, 5) is 15.2. The number of ether oxygens (including phenoxy) is 1. The van der Waals surface area contributed by atoms with Crippen LogP contribution >= 0.6 is 0 Å². The first-order chi connectivity index (χ1) is 10.6. The number of aromatic amines is 1. The van der Waals surface area contributed by atoms with Crippen LogP contribution in [0.15, 0.2) is 55.1 Å². The lowest BCUT2D eigenvalue weighted by Crippen LogP contribution is -2.00. The van der Waals surface area contributed by atoms with Gasteiger partial charge in [0.1, 0.15) is 0 Å². The Morgan fingerprint density at radius 3 is 2.50 bits per heavy atom. The molecule has 2 aromatic carbocycles. The summed E-state index contributed by atoms with van der Waals surface area (Å²) in [6.07, 6.45) is 0. The standard InChI is InChI=1S/C19H17NO2/c1-12(2)17-15-11-14(19(21)22-3)9-10-16(15)20-18(17)13-7-5-4-6-8-13/h4-11,20H,1H2,2-3H3. The molecule has 0 radical (unpaired) electrons. The summed E-state index contributed by atoms with van der Waals surface area (Å²) in [5.74, 6) is -0.336. The lowest BCUT2D eigenvalue weighted by Gasteiger charge is -2.05. The summed E-state index contributed by atoms with van der Waals surface area (Å²) in [5.41, 5.74) is 5.61. The van der Waals surface area contributed by atoms with Crippen LogP contribution in [0.5, 0.6) is 0 Å². The van der Waals surface area contributed by atoms with Crippen LogP contribution in [-0.2, 0) is 4.74 Å². The van der Waals surface area contributed by atoms with Gasteiger partial charge in [-0.25, -0.2) is 4.79 Å². The molecule has 0 aliphatic rings. The number of carbonyl (C=O) groups excluding carboxylic acids is 1. The fourth-order valence-electron chi connectivity index (χ4n) is 2.70. The van der Waals surface area contributed by atoms with E-state index in [1.54, 1.807) is 6.07 Å². The second-order valence-electron chi connectivity index (χ2n) is 5.27. The Hall–Kier alpha value is -2.81. The highest BCUT2D eigenvalue weighted by molar-refractivity contribution is 6.03. The third-order valence-corrected chi connectivity index (χ3v) is 3.71. The van der Waals surface area contributed by atoms with Crippen LogP contribution in [0, 0.1) is 0 Å². The average Bonchev–Trinajstić information content (AvgIpc) is 2.93. The maximum Gasteiger partial charge on any atom is 0.337 e. The zero-order chi connectivity index (χ0) is 15.7. The molecule has 1 N–H and O–H groups in total. The minimum atomic E-state index is -0.336. The van der Waals surface area contributed by atoms with Crippen LogP contribution in [0.2, 0.25) is 0 Å². The summed E-state index contributed by atoms with van der Waals surface area (Å²) >= 11 is 0. The number of rotatable bonds is 3. The average molecular weight is 291 g/mol. The van der Waals surface area contributed by atoms with E-state index in [2.05, 4.69) is 23.7 Å². The third-order valence-electron chi connectivity index (χ3n) is 3.71. The lowest BCUT2D eigenvalue weighted by molar-refractivity contribution is 0.0601. The summed E-state index contributed by atoms with van der Waals surface area (Å²) in [5, 5.41) is 0.981. The van der Waals surface area contributed by atoms with Crippen LogP contribution < -0.4 is 0 Å². The molecule has 0 aliphatic carbocycles. The van der Waals surface area contributed by atoms with E-state index in [-0.39, 0.29) is 5.97 Å². The first kappa shape index (κ1) is 14.1. The molecule has 22 heavy (non-hydrogen) atoms. The molecule has 1 heterocycles. The fourth-order valence-corrected chi connectivity index (χ4v) is 2.70. The highest BCUT2D eigenvalue weighted by Gasteiger charge is 2.15. The molecule has 110 valence electrons. The number of aromatic nitrogens is 1. The summed E-state index contributed by atoms with van der Waals surface area (Å²) in [7, 11) is 1.39. The van der Waals surface area contributed by atoms with Crippen LogP contribution in [0.4, 0.5) is 0 Å². The fraction of sp³-hybridized carbons (Fsp3) is 0.105. The molecule has 0 amide bonds. The van der Waals surface area contributed by atoms with Crippen molar-refractivity contribution in [2.45, 2.75) is 6.92 Å². The topological polar surface area (TPSA) is 42.1 Å². The number of nitrogens with one attached hydrogen (secondary N) is 1. The molecule has 3 aromatic rings. The zero-order valence-corrected chi connectivity index (χ0v) is 12.6. The molecular formula is C19H17NO2. The largest absolute Gasteiger partial charge is 0.465 e. The van der Waals surface area contributed by atoms with Crippen LogP contribution in [-0.4, -0.2) is 18.1 Å². The Morgan fingerprint density at radius 2 is 1.86 bits per heavy atom. The smallest absolute Gasteiger partial charge is 0.337 e. The minimum Gasteiger partial charge on any atom is -0.465 e. The first-order valence-corrected chi connectivity index (χ1v) is 7.07. The molecule has 0 saturated heterocycles. The zero-order valence-electron chi connectivity index (χ0n) is 12.6. The van der Waals surface area contributed by atoms with E-state index in [9.17, 15) is 4.79 Å². The Morgan fingerprint density at radius 1 is 1.14 bits per heavy atom. The number of carbonyl (C=O) groups is 1.